The van der Waals surface area contributed by atoms with E-state index in [1.807, 2.05) is 31.2 Å². The minimum Gasteiger partial charge on any atom is -0.511 e. The molecule has 1 fully saturated rings. The lowest BCUT2D eigenvalue weighted by molar-refractivity contribution is -0.171. The summed E-state index contributed by atoms with van der Waals surface area (Å²) in [5.74, 6) is 0.117. The van der Waals surface area contributed by atoms with Crippen LogP contribution < -0.4 is 0 Å². The number of phenolic OH excluding ortho intramolecular Hbond substituents is 1. The van der Waals surface area contributed by atoms with Gasteiger partial charge in [0.2, 0.25) is 0 Å². The van der Waals surface area contributed by atoms with Crippen LogP contribution in [0.4, 0.5) is 0 Å². The first kappa shape index (κ1) is 25.6. The molecule has 2 aliphatic rings. The number of hydrogen-bond acceptors (Lipinski definition) is 6. The Kier molecular flexibility index (Phi) is 7.26. The highest BCUT2D eigenvalue weighted by Crippen LogP contribution is 2.50. The van der Waals surface area contributed by atoms with Crippen LogP contribution in [0.1, 0.15) is 75.1 Å². The number of aromatic hydroxyl groups is 1. The van der Waals surface area contributed by atoms with Crippen LogP contribution in [-0.4, -0.2) is 26.9 Å². The zero-order valence-electron chi connectivity index (χ0n) is 21.1. The number of esters is 1. The number of carbonyl (C=O) groups excluding carboxylic acids is 1. The molecule has 3 N–H and O–H groups in total. The molecule has 0 bridgehead atoms. The van der Waals surface area contributed by atoms with E-state index in [-0.39, 0.29) is 34.4 Å². The monoisotopic (exact) mass is 496 g/mol. The second-order valence-electron chi connectivity index (χ2n) is 11.0. The number of ether oxygens (including phenoxy) is 1. The molecule has 1 heterocycles. The molecule has 1 unspecified atom stereocenters. The molecule has 188 valence electrons. The maximum absolute atomic E-state index is 13.4. The van der Waals surface area contributed by atoms with Gasteiger partial charge < -0.3 is 20.1 Å². The highest BCUT2D eigenvalue weighted by atomic mass is 32.2. The number of benzene rings is 2. The highest BCUT2D eigenvalue weighted by molar-refractivity contribution is 8.04. The first-order valence-corrected chi connectivity index (χ1v) is 13.2. The van der Waals surface area contributed by atoms with Crippen LogP contribution in [-0.2, 0) is 28.0 Å². The van der Waals surface area contributed by atoms with E-state index in [0.717, 1.165) is 46.4 Å². The normalized spacial score (nSPS) is 21.1. The maximum Gasteiger partial charge on any atom is 0.349 e. The first-order chi connectivity index (χ1) is 16.5. The van der Waals surface area contributed by atoms with Gasteiger partial charge in [0.15, 0.2) is 0 Å². The van der Waals surface area contributed by atoms with E-state index in [4.69, 9.17) is 4.74 Å². The van der Waals surface area contributed by atoms with Crippen LogP contribution in [0, 0.1) is 12.8 Å². The summed E-state index contributed by atoms with van der Waals surface area (Å²) < 4.78 is 6.21. The highest BCUT2D eigenvalue weighted by Gasteiger charge is 2.49. The standard InChI is InChI=1S/C29H36O5S/c1-18-14-25(23(28(2,3)4)15-20(18)17-30)35-26-24(32)16-29(34-27(26)33,21-6-5-7-21)13-12-19-8-10-22(31)11-9-19/h8-11,14-15,21,30-32H,5-7,12-13,16-17H2,1-4H3. The van der Waals surface area contributed by atoms with Crippen LogP contribution in [0.2, 0.25) is 0 Å². The molecule has 1 aliphatic heterocycles. The third-order valence-corrected chi connectivity index (χ3v) is 8.63. The van der Waals surface area contributed by atoms with Crippen molar-refractivity contribution in [1.29, 1.82) is 0 Å². The molecule has 4 rings (SSSR count). The van der Waals surface area contributed by atoms with Crippen molar-refractivity contribution in [3.05, 3.63) is 69.3 Å². The van der Waals surface area contributed by atoms with Gasteiger partial charge in [-0.15, -0.1) is 0 Å². The van der Waals surface area contributed by atoms with Gasteiger partial charge in [-0.05, 0) is 84.4 Å². The Hall–Kier alpha value is -2.44. The van der Waals surface area contributed by atoms with E-state index in [2.05, 4.69) is 20.8 Å². The fourth-order valence-electron chi connectivity index (χ4n) is 5.05. The Bertz CT molecular complexity index is 1120. The average molecular weight is 497 g/mol. The number of phenols is 1. The zero-order chi connectivity index (χ0) is 25.4. The molecule has 0 aromatic heterocycles. The number of cyclic esters (lactones) is 1. The van der Waals surface area contributed by atoms with Crippen LogP contribution >= 0.6 is 11.8 Å². The molecule has 0 saturated heterocycles. The number of carbonyl (C=O) groups is 1. The van der Waals surface area contributed by atoms with E-state index in [1.165, 1.54) is 11.8 Å². The lowest BCUT2D eigenvalue weighted by atomic mass is 9.68. The van der Waals surface area contributed by atoms with E-state index in [0.29, 0.717) is 19.3 Å². The van der Waals surface area contributed by atoms with Crippen molar-refractivity contribution in [2.75, 3.05) is 0 Å². The van der Waals surface area contributed by atoms with E-state index in [9.17, 15) is 20.1 Å². The molecule has 6 heteroatoms. The quantitative estimate of drug-likeness (QED) is 0.381. The molecule has 2 aromatic rings. The van der Waals surface area contributed by atoms with Crippen molar-refractivity contribution >= 4 is 17.7 Å². The summed E-state index contributed by atoms with van der Waals surface area (Å²) in [6.45, 7) is 8.20. The Morgan fingerprint density at radius 2 is 1.80 bits per heavy atom. The van der Waals surface area contributed by atoms with Crippen LogP contribution in [0.15, 0.2) is 52.0 Å². The number of rotatable bonds is 7. The van der Waals surface area contributed by atoms with Gasteiger partial charge in [0.1, 0.15) is 22.0 Å². The summed E-state index contributed by atoms with van der Waals surface area (Å²) in [6.07, 6.45) is 4.76. The molecule has 0 amide bonds. The molecule has 1 saturated carbocycles. The van der Waals surface area contributed by atoms with Gasteiger partial charge >= 0.3 is 5.97 Å². The van der Waals surface area contributed by atoms with Crippen molar-refractivity contribution in [2.24, 2.45) is 5.92 Å². The second kappa shape index (κ2) is 9.90. The summed E-state index contributed by atoms with van der Waals surface area (Å²) in [4.78, 5) is 14.5. The SMILES string of the molecule is Cc1cc(SC2=C(O)CC(CCc3ccc(O)cc3)(C3CCC3)OC2=O)c(C(C)(C)C)cc1CO. The van der Waals surface area contributed by atoms with Gasteiger partial charge in [0, 0.05) is 11.3 Å². The van der Waals surface area contributed by atoms with Crippen molar-refractivity contribution in [1.82, 2.24) is 0 Å². The largest absolute Gasteiger partial charge is 0.511 e. The lowest BCUT2D eigenvalue weighted by Crippen LogP contribution is -2.49. The number of aryl methyl sites for hydroxylation is 2. The first-order valence-electron chi connectivity index (χ1n) is 12.4. The predicted octanol–water partition coefficient (Wildman–Crippen LogP) is 6.47. The summed E-state index contributed by atoms with van der Waals surface area (Å²) in [6, 6.07) is 11.1. The van der Waals surface area contributed by atoms with Crippen molar-refractivity contribution < 1.29 is 24.9 Å². The fourth-order valence-corrected chi connectivity index (χ4v) is 6.30. The van der Waals surface area contributed by atoms with Gasteiger partial charge in [-0.2, -0.15) is 0 Å². The third-order valence-electron chi connectivity index (χ3n) is 7.46. The van der Waals surface area contributed by atoms with E-state index in [1.54, 1.807) is 12.1 Å². The summed E-state index contributed by atoms with van der Waals surface area (Å²) in [5, 5.41) is 30.5. The van der Waals surface area contributed by atoms with Gasteiger partial charge in [0.05, 0.1) is 6.61 Å². The van der Waals surface area contributed by atoms with E-state index >= 15 is 0 Å². The second-order valence-corrected chi connectivity index (χ2v) is 12.0. The molecule has 0 spiro atoms. The van der Waals surface area contributed by atoms with Gasteiger partial charge in [0.25, 0.3) is 0 Å². The Labute approximate surface area is 212 Å². The zero-order valence-corrected chi connectivity index (χ0v) is 21.9. The smallest absolute Gasteiger partial charge is 0.349 e. The molecule has 1 aliphatic carbocycles. The molecular weight excluding hydrogens is 460 g/mol. The summed E-state index contributed by atoms with van der Waals surface area (Å²) >= 11 is 1.27. The maximum atomic E-state index is 13.4. The van der Waals surface area contributed by atoms with Gasteiger partial charge in [-0.3, -0.25) is 0 Å². The molecular formula is C29H36O5S. The predicted molar refractivity (Wildman–Crippen MR) is 139 cm³/mol. The number of aliphatic hydroxyl groups excluding tert-OH is 2. The Morgan fingerprint density at radius 1 is 1.11 bits per heavy atom. The summed E-state index contributed by atoms with van der Waals surface area (Å²) in [5.41, 5.74) is 3.00. The number of hydrogen-bond donors (Lipinski definition) is 3. The van der Waals surface area contributed by atoms with Gasteiger partial charge in [-0.25, -0.2) is 4.79 Å². The third kappa shape index (κ3) is 5.39. The van der Waals surface area contributed by atoms with Crippen LogP contribution in [0.5, 0.6) is 5.75 Å². The molecule has 35 heavy (non-hydrogen) atoms. The summed E-state index contributed by atoms with van der Waals surface area (Å²) in [7, 11) is 0. The molecule has 1 atom stereocenters. The number of thioether (sulfide) groups is 1. The van der Waals surface area contributed by atoms with Crippen LogP contribution in [0.3, 0.4) is 0 Å². The lowest BCUT2D eigenvalue weighted by Gasteiger charge is -2.46. The van der Waals surface area contributed by atoms with E-state index < -0.39 is 11.6 Å². The molecule has 2 aromatic carbocycles. The minimum absolute atomic E-state index is 0.0409. The minimum atomic E-state index is -0.703. The van der Waals surface area contributed by atoms with Crippen molar-refractivity contribution in [3.63, 3.8) is 0 Å². The van der Waals surface area contributed by atoms with Crippen molar-refractivity contribution in [3.8, 4) is 5.75 Å². The fraction of sp³-hybridized carbons (Fsp3) is 0.483. The Morgan fingerprint density at radius 3 is 2.34 bits per heavy atom. The topological polar surface area (TPSA) is 87.0 Å². The van der Waals surface area contributed by atoms with Crippen molar-refractivity contribution in [2.45, 2.75) is 88.7 Å². The molecule has 5 nitrogen and oxygen atoms in total. The average Bonchev–Trinajstić information content (AvgIpc) is 2.74. The van der Waals surface area contributed by atoms with Crippen LogP contribution in [0.25, 0.3) is 0 Å². The molecule has 0 radical (unpaired) electrons. The number of aliphatic hydroxyl groups is 2. The van der Waals surface area contributed by atoms with Gasteiger partial charge in [-0.1, -0.05) is 57.2 Å². The Balaban J connectivity index is 1.62.